The van der Waals surface area contributed by atoms with Crippen molar-refractivity contribution in [2.45, 2.75) is 19.5 Å². The smallest absolute Gasteiger partial charge is 0.142 e. The Bertz CT molecular complexity index is 602. The Labute approximate surface area is 136 Å². The summed E-state index contributed by atoms with van der Waals surface area (Å²) in [6.45, 7) is 2.61. The third-order valence-electron chi connectivity index (χ3n) is 3.03. The molecule has 0 aliphatic rings. The fraction of sp³-hybridized carbons (Fsp3) is 0.200. The largest absolute Gasteiger partial charge is 0.306 e. The van der Waals surface area contributed by atoms with E-state index in [2.05, 4.69) is 21.2 Å². The average molecular weight is 377 g/mol. The first-order chi connectivity index (χ1) is 9.47. The van der Waals surface area contributed by atoms with E-state index in [1.807, 2.05) is 31.2 Å². The highest BCUT2D eigenvalue weighted by Gasteiger charge is 2.13. The van der Waals surface area contributed by atoms with Crippen molar-refractivity contribution in [1.82, 2.24) is 5.32 Å². The van der Waals surface area contributed by atoms with Gasteiger partial charge in [0.2, 0.25) is 0 Å². The maximum absolute atomic E-state index is 13.5. The first-order valence-electron chi connectivity index (χ1n) is 6.09. The molecule has 106 valence electrons. The molecule has 2 aromatic rings. The molecule has 0 aromatic heterocycles. The van der Waals surface area contributed by atoms with Gasteiger partial charge in [0.15, 0.2) is 0 Å². The van der Waals surface area contributed by atoms with Crippen LogP contribution in [-0.2, 0) is 6.54 Å². The summed E-state index contributed by atoms with van der Waals surface area (Å²) < 4.78 is 14.5. The second-order valence-corrected chi connectivity index (χ2v) is 6.25. The van der Waals surface area contributed by atoms with E-state index >= 15 is 0 Å². The zero-order valence-corrected chi connectivity index (χ0v) is 13.9. The number of hydrogen-bond acceptors (Lipinski definition) is 1. The fourth-order valence-electron chi connectivity index (χ4n) is 1.85. The predicted octanol–water partition coefficient (Wildman–Crippen LogP) is 5.75. The minimum Gasteiger partial charge on any atom is -0.306 e. The maximum Gasteiger partial charge on any atom is 0.142 e. The SMILES string of the molecule is CC(NCc1ccc(Br)cc1)c1cc(F)c(Cl)cc1Cl. The molecule has 0 bridgehead atoms. The molecule has 1 unspecified atom stereocenters. The molecule has 2 aromatic carbocycles. The summed E-state index contributed by atoms with van der Waals surface area (Å²) in [6, 6.07) is 10.8. The fourth-order valence-corrected chi connectivity index (χ4v) is 2.66. The van der Waals surface area contributed by atoms with Crippen molar-refractivity contribution in [3.63, 3.8) is 0 Å². The van der Waals surface area contributed by atoms with Gasteiger partial charge in [0, 0.05) is 22.1 Å². The van der Waals surface area contributed by atoms with Gasteiger partial charge in [0.25, 0.3) is 0 Å². The highest BCUT2D eigenvalue weighted by molar-refractivity contribution is 9.10. The van der Waals surface area contributed by atoms with Crippen LogP contribution in [0.1, 0.15) is 24.1 Å². The van der Waals surface area contributed by atoms with Crippen LogP contribution in [0.15, 0.2) is 40.9 Å². The minimum absolute atomic E-state index is 0.0406. The average Bonchev–Trinajstić information content (AvgIpc) is 2.42. The van der Waals surface area contributed by atoms with E-state index in [0.717, 1.165) is 10.0 Å². The van der Waals surface area contributed by atoms with Crippen LogP contribution >= 0.6 is 39.1 Å². The molecule has 0 saturated carbocycles. The van der Waals surface area contributed by atoms with Crippen molar-refractivity contribution in [3.05, 3.63) is 67.9 Å². The van der Waals surface area contributed by atoms with E-state index in [1.165, 1.54) is 12.1 Å². The number of nitrogens with one attached hydrogen (secondary N) is 1. The Kier molecular flexibility index (Phi) is 5.44. The quantitative estimate of drug-likeness (QED) is 0.670. The number of benzene rings is 2. The maximum atomic E-state index is 13.5. The Morgan fingerprint density at radius 2 is 1.80 bits per heavy atom. The Hall–Kier alpha value is -0.610. The molecule has 0 radical (unpaired) electrons. The summed E-state index contributed by atoms with van der Waals surface area (Å²) in [7, 11) is 0. The molecule has 1 nitrogen and oxygen atoms in total. The van der Waals surface area contributed by atoms with Gasteiger partial charge in [0.1, 0.15) is 5.82 Å². The molecule has 1 N–H and O–H groups in total. The molecule has 0 spiro atoms. The van der Waals surface area contributed by atoms with Crippen LogP contribution in [0.4, 0.5) is 4.39 Å². The highest BCUT2D eigenvalue weighted by Crippen LogP contribution is 2.28. The van der Waals surface area contributed by atoms with Crippen molar-refractivity contribution in [3.8, 4) is 0 Å². The lowest BCUT2D eigenvalue weighted by Crippen LogP contribution is -2.18. The van der Waals surface area contributed by atoms with Gasteiger partial charge in [0.05, 0.1) is 5.02 Å². The minimum atomic E-state index is -0.455. The van der Waals surface area contributed by atoms with Crippen molar-refractivity contribution in [2.75, 3.05) is 0 Å². The van der Waals surface area contributed by atoms with Gasteiger partial charge in [-0.3, -0.25) is 0 Å². The third kappa shape index (κ3) is 3.95. The van der Waals surface area contributed by atoms with Gasteiger partial charge in [-0.15, -0.1) is 0 Å². The van der Waals surface area contributed by atoms with Crippen LogP contribution in [0.5, 0.6) is 0 Å². The summed E-state index contributed by atoms with van der Waals surface area (Å²) in [4.78, 5) is 0. The number of halogens is 4. The Morgan fingerprint density at radius 1 is 1.15 bits per heavy atom. The van der Waals surface area contributed by atoms with E-state index in [9.17, 15) is 4.39 Å². The van der Waals surface area contributed by atoms with Crippen molar-refractivity contribution >= 4 is 39.1 Å². The second kappa shape index (κ2) is 6.90. The van der Waals surface area contributed by atoms with Crippen LogP contribution in [-0.4, -0.2) is 0 Å². The van der Waals surface area contributed by atoms with Gasteiger partial charge >= 0.3 is 0 Å². The Morgan fingerprint density at radius 3 is 2.45 bits per heavy atom. The lowest BCUT2D eigenvalue weighted by molar-refractivity contribution is 0.565. The standard InChI is InChI=1S/C15H13BrCl2FN/c1-9(12-6-15(19)14(18)7-13(12)17)20-8-10-2-4-11(16)5-3-10/h2-7,9,20H,8H2,1H3. The molecular weight excluding hydrogens is 364 g/mol. The molecule has 0 heterocycles. The molecule has 5 heteroatoms. The summed E-state index contributed by atoms with van der Waals surface area (Å²) in [5.41, 5.74) is 1.84. The topological polar surface area (TPSA) is 12.0 Å². The molecule has 0 amide bonds. The van der Waals surface area contributed by atoms with E-state index < -0.39 is 5.82 Å². The molecule has 0 aliphatic carbocycles. The first kappa shape index (κ1) is 15.8. The van der Waals surface area contributed by atoms with Crippen LogP contribution in [0.25, 0.3) is 0 Å². The lowest BCUT2D eigenvalue weighted by atomic mass is 10.1. The molecule has 2 rings (SSSR count). The van der Waals surface area contributed by atoms with E-state index in [0.29, 0.717) is 17.1 Å². The summed E-state index contributed by atoms with van der Waals surface area (Å²) in [6.07, 6.45) is 0. The molecule has 0 fully saturated rings. The third-order valence-corrected chi connectivity index (χ3v) is 4.18. The first-order valence-corrected chi connectivity index (χ1v) is 7.64. The van der Waals surface area contributed by atoms with Gasteiger partial charge < -0.3 is 5.32 Å². The normalized spacial score (nSPS) is 12.4. The van der Waals surface area contributed by atoms with Gasteiger partial charge in [-0.1, -0.05) is 51.3 Å². The summed E-state index contributed by atoms with van der Waals surface area (Å²) in [5, 5.41) is 3.82. The van der Waals surface area contributed by atoms with Gasteiger partial charge in [-0.25, -0.2) is 4.39 Å². The van der Waals surface area contributed by atoms with E-state index in [1.54, 1.807) is 0 Å². The summed E-state index contributed by atoms with van der Waals surface area (Å²) >= 11 is 15.2. The molecule has 20 heavy (non-hydrogen) atoms. The van der Waals surface area contributed by atoms with Crippen LogP contribution in [0, 0.1) is 5.82 Å². The lowest BCUT2D eigenvalue weighted by Gasteiger charge is -2.16. The van der Waals surface area contributed by atoms with Crippen molar-refractivity contribution < 1.29 is 4.39 Å². The van der Waals surface area contributed by atoms with Crippen LogP contribution in [0.3, 0.4) is 0 Å². The van der Waals surface area contributed by atoms with Crippen LogP contribution < -0.4 is 5.32 Å². The molecular formula is C15H13BrCl2FN. The summed E-state index contributed by atoms with van der Waals surface area (Å²) in [5.74, 6) is -0.455. The highest BCUT2D eigenvalue weighted by atomic mass is 79.9. The van der Waals surface area contributed by atoms with Gasteiger partial charge in [-0.05, 0) is 42.3 Å². The van der Waals surface area contributed by atoms with E-state index in [4.69, 9.17) is 23.2 Å². The molecule has 0 aliphatic heterocycles. The molecule has 0 saturated heterocycles. The van der Waals surface area contributed by atoms with Crippen molar-refractivity contribution in [2.24, 2.45) is 0 Å². The molecule has 1 atom stereocenters. The Balaban J connectivity index is 2.06. The second-order valence-electron chi connectivity index (χ2n) is 4.52. The zero-order valence-electron chi connectivity index (χ0n) is 10.8. The monoisotopic (exact) mass is 375 g/mol. The van der Waals surface area contributed by atoms with Gasteiger partial charge in [-0.2, -0.15) is 0 Å². The number of hydrogen-bond donors (Lipinski definition) is 1. The van der Waals surface area contributed by atoms with E-state index in [-0.39, 0.29) is 11.1 Å². The zero-order chi connectivity index (χ0) is 14.7. The predicted molar refractivity (Wildman–Crippen MR) is 85.8 cm³/mol. The number of rotatable bonds is 4. The van der Waals surface area contributed by atoms with Crippen molar-refractivity contribution in [1.29, 1.82) is 0 Å². The van der Waals surface area contributed by atoms with Crippen LogP contribution in [0.2, 0.25) is 10.0 Å².